The molecule has 1 N–H and O–H groups in total. The summed E-state index contributed by atoms with van der Waals surface area (Å²) in [5.41, 5.74) is 2.46. The van der Waals surface area contributed by atoms with E-state index in [1.807, 2.05) is 23.6 Å². The standard InChI is InChI=1S/C22H24N2O4S2/c1-27-20-10-9-17(14-21(20)28-2)30(25,26)23-15-19(22-8-5-13-29-22)24-12-11-16-6-3-4-7-18(16)24/h3-10,13-14,19,23H,11-12,15H2,1-2H3/t19-/m1/s1. The van der Waals surface area contributed by atoms with Crippen molar-refractivity contribution >= 4 is 27.0 Å². The molecule has 0 amide bonds. The predicted molar refractivity (Wildman–Crippen MR) is 119 cm³/mol. The summed E-state index contributed by atoms with van der Waals surface area (Å²) in [5, 5.41) is 2.02. The van der Waals surface area contributed by atoms with Crippen LogP contribution in [0.4, 0.5) is 5.69 Å². The molecule has 0 saturated carbocycles. The van der Waals surface area contributed by atoms with Crippen molar-refractivity contribution in [3.05, 3.63) is 70.4 Å². The van der Waals surface area contributed by atoms with Crippen LogP contribution in [0.25, 0.3) is 0 Å². The number of sulfonamides is 1. The van der Waals surface area contributed by atoms with Crippen molar-refractivity contribution in [1.82, 2.24) is 4.72 Å². The van der Waals surface area contributed by atoms with Gasteiger partial charge >= 0.3 is 0 Å². The van der Waals surface area contributed by atoms with E-state index < -0.39 is 10.0 Å². The number of ether oxygens (including phenoxy) is 2. The summed E-state index contributed by atoms with van der Waals surface area (Å²) in [5.74, 6) is 0.866. The molecule has 2 heterocycles. The first-order chi connectivity index (χ1) is 14.5. The first kappa shape index (κ1) is 20.7. The van der Waals surface area contributed by atoms with E-state index in [2.05, 4.69) is 27.8 Å². The Morgan fingerprint density at radius 3 is 2.60 bits per heavy atom. The highest BCUT2D eigenvalue weighted by Crippen LogP contribution is 2.36. The van der Waals surface area contributed by atoms with Crippen molar-refractivity contribution in [3.8, 4) is 11.5 Å². The number of nitrogens with zero attached hydrogens (tertiary/aromatic N) is 1. The van der Waals surface area contributed by atoms with Gasteiger partial charge in [0, 0.05) is 29.7 Å². The molecule has 6 nitrogen and oxygen atoms in total. The molecule has 1 aromatic heterocycles. The summed E-state index contributed by atoms with van der Waals surface area (Å²) in [6, 6.07) is 16.9. The molecule has 1 atom stereocenters. The van der Waals surface area contributed by atoms with Crippen LogP contribution >= 0.6 is 11.3 Å². The molecule has 0 aliphatic carbocycles. The van der Waals surface area contributed by atoms with Crippen LogP contribution in [-0.4, -0.2) is 35.7 Å². The lowest BCUT2D eigenvalue weighted by Crippen LogP contribution is -2.37. The second kappa shape index (κ2) is 8.67. The van der Waals surface area contributed by atoms with Crippen molar-refractivity contribution < 1.29 is 17.9 Å². The summed E-state index contributed by atoms with van der Waals surface area (Å²) in [4.78, 5) is 3.56. The van der Waals surface area contributed by atoms with Gasteiger partial charge < -0.3 is 14.4 Å². The minimum Gasteiger partial charge on any atom is -0.493 e. The molecule has 0 radical (unpaired) electrons. The lowest BCUT2D eigenvalue weighted by atomic mass is 10.1. The number of nitrogens with one attached hydrogen (secondary N) is 1. The van der Waals surface area contributed by atoms with Crippen LogP contribution in [-0.2, 0) is 16.4 Å². The van der Waals surface area contributed by atoms with E-state index in [4.69, 9.17) is 9.47 Å². The molecule has 3 aromatic rings. The van der Waals surface area contributed by atoms with Crippen LogP contribution in [0.5, 0.6) is 11.5 Å². The number of benzene rings is 2. The Morgan fingerprint density at radius 2 is 1.87 bits per heavy atom. The molecular weight excluding hydrogens is 420 g/mol. The van der Waals surface area contributed by atoms with Crippen LogP contribution in [0.3, 0.4) is 0 Å². The molecule has 0 saturated heterocycles. The molecule has 2 aromatic carbocycles. The van der Waals surface area contributed by atoms with Crippen LogP contribution in [0.2, 0.25) is 0 Å². The van der Waals surface area contributed by atoms with Crippen LogP contribution in [0, 0.1) is 0 Å². The lowest BCUT2D eigenvalue weighted by molar-refractivity contribution is 0.354. The van der Waals surface area contributed by atoms with E-state index in [1.165, 1.54) is 37.6 Å². The summed E-state index contributed by atoms with van der Waals surface area (Å²) in [6.45, 7) is 1.13. The molecule has 158 valence electrons. The lowest BCUT2D eigenvalue weighted by Gasteiger charge is -2.30. The highest BCUT2D eigenvalue weighted by molar-refractivity contribution is 7.89. The Balaban J connectivity index is 1.59. The van der Waals surface area contributed by atoms with Gasteiger partial charge in [-0.2, -0.15) is 0 Å². The average molecular weight is 445 g/mol. The van der Waals surface area contributed by atoms with Gasteiger partial charge in [0.05, 0.1) is 25.2 Å². The Kier molecular flexibility index (Phi) is 5.99. The maximum atomic E-state index is 13.0. The first-order valence-electron chi connectivity index (χ1n) is 9.63. The summed E-state index contributed by atoms with van der Waals surface area (Å²) in [6.07, 6.45) is 0.959. The predicted octanol–water partition coefficient (Wildman–Crippen LogP) is 3.85. The van der Waals surface area contributed by atoms with E-state index >= 15 is 0 Å². The van der Waals surface area contributed by atoms with E-state index in [9.17, 15) is 8.42 Å². The summed E-state index contributed by atoms with van der Waals surface area (Å²) < 4.78 is 39.3. The van der Waals surface area contributed by atoms with Gasteiger partial charge in [-0.3, -0.25) is 0 Å². The Morgan fingerprint density at radius 1 is 1.07 bits per heavy atom. The zero-order chi connectivity index (χ0) is 21.1. The van der Waals surface area contributed by atoms with Gasteiger partial charge in [0.1, 0.15) is 0 Å². The van der Waals surface area contributed by atoms with Crippen molar-refractivity contribution in [3.63, 3.8) is 0 Å². The van der Waals surface area contributed by atoms with Crippen molar-refractivity contribution in [1.29, 1.82) is 0 Å². The van der Waals surface area contributed by atoms with Crippen molar-refractivity contribution in [2.75, 3.05) is 32.2 Å². The fraction of sp³-hybridized carbons (Fsp3) is 0.273. The third-order valence-electron chi connectivity index (χ3n) is 5.30. The summed E-state index contributed by atoms with van der Waals surface area (Å²) >= 11 is 1.64. The molecule has 30 heavy (non-hydrogen) atoms. The van der Waals surface area contributed by atoms with Gasteiger partial charge in [-0.1, -0.05) is 24.3 Å². The number of para-hydroxylation sites is 1. The molecule has 0 fully saturated rings. The number of rotatable bonds is 8. The normalized spacial score (nSPS) is 14.4. The third kappa shape index (κ3) is 4.03. The SMILES string of the molecule is COc1ccc(S(=O)(=O)NC[C@H](c2cccs2)N2CCc3ccccc32)cc1OC. The van der Waals surface area contributed by atoms with Gasteiger partial charge in [0.2, 0.25) is 10.0 Å². The Bertz CT molecular complexity index is 1110. The minimum absolute atomic E-state index is 0.0800. The van der Waals surface area contributed by atoms with Crippen LogP contribution < -0.4 is 19.1 Å². The maximum absolute atomic E-state index is 13.0. The second-order valence-electron chi connectivity index (χ2n) is 6.97. The van der Waals surface area contributed by atoms with Crippen LogP contribution in [0.15, 0.2) is 64.9 Å². The highest BCUT2D eigenvalue weighted by atomic mass is 32.2. The average Bonchev–Trinajstić information content (AvgIpc) is 3.44. The number of hydrogen-bond donors (Lipinski definition) is 1. The topological polar surface area (TPSA) is 67.9 Å². The molecule has 0 unspecified atom stereocenters. The van der Waals surface area contributed by atoms with E-state index in [1.54, 1.807) is 17.4 Å². The molecule has 8 heteroatoms. The first-order valence-corrected chi connectivity index (χ1v) is 12.0. The fourth-order valence-corrected chi connectivity index (χ4v) is 5.68. The number of fused-ring (bicyclic) bond motifs is 1. The second-order valence-corrected chi connectivity index (χ2v) is 9.72. The van der Waals surface area contributed by atoms with E-state index in [0.29, 0.717) is 11.5 Å². The maximum Gasteiger partial charge on any atom is 0.240 e. The van der Waals surface area contributed by atoms with Gasteiger partial charge in [-0.15, -0.1) is 11.3 Å². The highest BCUT2D eigenvalue weighted by Gasteiger charge is 2.29. The minimum atomic E-state index is -3.72. The Hall–Kier alpha value is -2.55. The number of anilines is 1. The third-order valence-corrected chi connectivity index (χ3v) is 7.70. The molecule has 4 rings (SSSR count). The fourth-order valence-electron chi connectivity index (χ4n) is 3.79. The Labute approximate surface area is 181 Å². The molecular formula is C22H24N2O4S2. The van der Waals surface area contributed by atoms with Crippen molar-refractivity contribution in [2.45, 2.75) is 17.4 Å². The zero-order valence-electron chi connectivity index (χ0n) is 16.9. The zero-order valence-corrected chi connectivity index (χ0v) is 18.5. The number of thiophene rings is 1. The largest absolute Gasteiger partial charge is 0.493 e. The van der Waals surface area contributed by atoms with Gasteiger partial charge in [0.15, 0.2) is 11.5 Å². The van der Waals surface area contributed by atoms with Gasteiger partial charge in [0.25, 0.3) is 0 Å². The van der Waals surface area contributed by atoms with Gasteiger partial charge in [-0.05, 0) is 41.6 Å². The van der Waals surface area contributed by atoms with E-state index in [-0.39, 0.29) is 17.5 Å². The quantitative estimate of drug-likeness (QED) is 0.572. The molecule has 0 spiro atoms. The number of hydrogen-bond acceptors (Lipinski definition) is 6. The van der Waals surface area contributed by atoms with Crippen LogP contribution in [0.1, 0.15) is 16.5 Å². The molecule has 0 bridgehead atoms. The monoisotopic (exact) mass is 444 g/mol. The smallest absolute Gasteiger partial charge is 0.240 e. The van der Waals surface area contributed by atoms with E-state index in [0.717, 1.165) is 17.8 Å². The molecule has 1 aliphatic rings. The van der Waals surface area contributed by atoms with Crippen molar-refractivity contribution in [2.24, 2.45) is 0 Å². The number of methoxy groups -OCH3 is 2. The molecule has 1 aliphatic heterocycles. The van der Waals surface area contributed by atoms with Gasteiger partial charge in [-0.25, -0.2) is 13.1 Å². The summed E-state index contributed by atoms with van der Waals surface area (Å²) in [7, 11) is -0.715.